The van der Waals surface area contributed by atoms with Crippen molar-refractivity contribution >= 4 is 11.6 Å². The number of anilines is 1. The lowest BCUT2D eigenvalue weighted by atomic mass is 9.83. The van der Waals surface area contributed by atoms with Crippen LogP contribution in [0, 0.1) is 12.8 Å². The average Bonchev–Trinajstić information content (AvgIpc) is 2.60. The van der Waals surface area contributed by atoms with E-state index in [4.69, 9.17) is 9.72 Å². The van der Waals surface area contributed by atoms with Crippen LogP contribution in [0.5, 0.6) is 0 Å². The van der Waals surface area contributed by atoms with Crippen molar-refractivity contribution in [1.82, 2.24) is 9.88 Å². The van der Waals surface area contributed by atoms with Crippen LogP contribution in [0.3, 0.4) is 0 Å². The van der Waals surface area contributed by atoms with E-state index in [9.17, 15) is 4.79 Å². The van der Waals surface area contributed by atoms with E-state index in [0.29, 0.717) is 17.7 Å². The number of nitrogens with zero attached hydrogens (tertiary/aromatic N) is 3. The molecule has 0 spiro atoms. The van der Waals surface area contributed by atoms with Crippen molar-refractivity contribution in [2.45, 2.75) is 44.9 Å². The van der Waals surface area contributed by atoms with E-state index in [1.54, 1.807) is 0 Å². The summed E-state index contributed by atoms with van der Waals surface area (Å²) in [5, 5.41) is 0. The number of hydrogen-bond acceptors (Lipinski definition) is 4. The zero-order chi connectivity index (χ0) is 17.2. The first-order chi connectivity index (χ1) is 12.2. The van der Waals surface area contributed by atoms with Crippen LogP contribution in [-0.4, -0.2) is 55.2 Å². The summed E-state index contributed by atoms with van der Waals surface area (Å²) in [5.74, 6) is 1.06. The number of rotatable bonds is 3. The smallest absolute Gasteiger partial charge is 0.225 e. The minimum Gasteiger partial charge on any atom is -0.378 e. The molecule has 4 rings (SSSR count). The summed E-state index contributed by atoms with van der Waals surface area (Å²) < 4.78 is 5.48. The number of carbonyl (C=O) groups is 1. The molecule has 2 saturated heterocycles. The van der Waals surface area contributed by atoms with Crippen molar-refractivity contribution in [2.75, 3.05) is 44.3 Å². The van der Waals surface area contributed by atoms with Gasteiger partial charge in [0, 0.05) is 55.1 Å². The second-order valence-corrected chi connectivity index (χ2v) is 7.74. The molecule has 0 unspecified atom stereocenters. The molecule has 1 atom stereocenters. The first-order valence-electron chi connectivity index (χ1n) is 9.81. The third-order valence-electron chi connectivity index (χ3n) is 5.94. The van der Waals surface area contributed by atoms with Gasteiger partial charge in [-0.1, -0.05) is 6.42 Å². The summed E-state index contributed by atoms with van der Waals surface area (Å²) in [6.07, 6.45) is 5.61. The Kier molecular flexibility index (Phi) is 4.93. The number of aryl methyl sites for hydroxylation is 1. The summed E-state index contributed by atoms with van der Waals surface area (Å²) in [6.45, 7) is 7.32. The maximum absolute atomic E-state index is 12.6. The van der Waals surface area contributed by atoms with Crippen LogP contribution in [0.15, 0.2) is 12.1 Å². The minimum absolute atomic E-state index is 0.299. The SMILES string of the molecule is Cc1cc(N2CCOCC2)cc([C@H]2CCCN(C(=O)C3CCC3)C2)n1. The molecule has 1 amide bonds. The average molecular weight is 343 g/mol. The van der Waals surface area contributed by atoms with Crippen molar-refractivity contribution < 1.29 is 9.53 Å². The molecule has 0 N–H and O–H groups in total. The fourth-order valence-corrected chi connectivity index (χ4v) is 4.22. The Morgan fingerprint density at radius 3 is 2.64 bits per heavy atom. The molecule has 3 heterocycles. The van der Waals surface area contributed by atoms with Gasteiger partial charge in [0.1, 0.15) is 0 Å². The predicted molar refractivity (Wildman–Crippen MR) is 97.9 cm³/mol. The van der Waals surface area contributed by atoms with Crippen molar-refractivity contribution in [3.05, 3.63) is 23.5 Å². The summed E-state index contributed by atoms with van der Waals surface area (Å²) >= 11 is 0. The molecule has 1 saturated carbocycles. The van der Waals surface area contributed by atoms with E-state index in [1.165, 1.54) is 12.1 Å². The van der Waals surface area contributed by atoms with Crippen LogP contribution in [0.4, 0.5) is 5.69 Å². The number of aromatic nitrogens is 1. The van der Waals surface area contributed by atoms with Crippen LogP contribution in [0.2, 0.25) is 0 Å². The highest BCUT2D eigenvalue weighted by Gasteiger charge is 2.33. The third-order valence-corrected chi connectivity index (χ3v) is 5.94. The van der Waals surface area contributed by atoms with E-state index < -0.39 is 0 Å². The quantitative estimate of drug-likeness (QED) is 0.847. The number of likely N-dealkylation sites (tertiary alicyclic amines) is 1. The molecule has 1 aromatic heterocycles. The number of carbonyl (C=O) groups excluding carboxylic acids is 1. The summed E-state index contributed by atoms with van der Waals surface area (Å²) in [7, 11) is 0. The Morgan fingerprint density at radius 2 is 1.92 bits per heavy atom. The molecule has 1 aliphatic carbocycles. The number of amides is 1. The van der Waals surface area contributed by atoms with Crippen molar-refractivity contribution in [1.29, 1.82) is 0 Å². The highest BCUT2D eigenvalue weighted by atomic mass is 16.5. The number of ether oxygens (including phenoxy) is 1. The number of hydrogen-bond donors (Lipinski definition) is 0. The normalized spacial score (nSPS) is 24.9. The summed E-state index contributed by atoms with van der Waals surface area (Å²) in [4.78, 5) is 21.9. The lowest BCUT2D eigenvalue weighted by Crippen LogP contribution is -2.44. The van der Waals surface area contributed by atoms with Gasteiger partial charge in [-0.05, 0) is 44.7 Å². The van der Waals surface area contributed by atoms with E-state index >= 15 is 0 Å². The Bertz CT molecular complexity index is 623. The highest BCUT2D eigenvalue weighted by molar-refractivity contribution is 5.79. The van der Waals surface area contributed by atoms with Gasteiger partial charge in [-0.15, -0.1) is 0 Å². The monoisotopic (exact) mass is 343 g/mol. The van der Waals surface area contributed by atoms with Gasteiger partial charge in [-0.2, -0.15) is 0 Å². The number of piperidine rings is 1. The van der Waals surface area contributed by atoms with E-state index in [1.807, 2.05) is 0 Å². The summed E-state index contributed by atoms with van der Waals surface area (Å²) in [5.41, 5.74) is 3.49. The first-order valence-corrected chi connectivity index (χ1v) is 9.81. The molecule has 1 aromatic rings. The molecule has 0 bridgehead atoms. The Labute approximate surface area is 150 Å². The van der Waals surface area contributed by atoms with Gasteiger partial charge in [-0.3, -0.25) is 9.78 Å². The van der Waals surface area contributed by atoms with Gasteiger partial charge in [0.25, 0.3) is 0 Å². The van der Waals surface area contributed by atoms with Gasteiger partial charge in [0.15, 0.2) is 0 Å². The van der Waals surface area contributed by atoms with Gasteiger partial charge in [0.05, 0.1) is 13.2 Å². The second kappa shape index (κ2) is 7.32. The van der Waals surface area contributed by atoms with Crippen molar-refractivity contribution in [2.24, 2.45) is 5.92 Å². The van der Waals surface area contributed by atoms with Crippen LogP contribution in [0.25, 0.3) is 0 Å². The Balaban J connectivity index is 1.50. The van der Waals surface area contributed by atoms with E-state index in [2.05, 4.69) is 28.9 Å². The fraction of sp³-hybridized carbons (Fsp3) is 0.700. The molecule has 25 heavy (non-hydrogen) atoms. The first kappa shape index (κ1) is 16.8. The molecular weight excluding hydrogens is 314 g/mol. The van der Waals surface area contributed by atoms with Gasteiger partial charge >= 0.3 is 0 Å². The van der Waals surface area contributed by atoms with Gasteiger partial charge in [-0.25, -0.2) is 0 Å². The van der Waals surface area contributed by atoms with E-state index in [0.717, 1.165) is 76.5 Å². The zero-order valence-corrected chi connectivity index (χ0v) is 15.2. The summed E-state index contributed by atoms with van der Waals surface area (Å²) in [6, 6.07) is 4.43. The number of pyridine rings is 1. The molecule has 3 aliphatic rings. The molecule has 3 fully saturated rings. The highest BCUT2D eigenvalue weighted by Crippen LogP contribution is 2.33. The second-order valence-electron chi connectivity index (χ2n) is 7.74. The van der Waals surface area contributed by atoms with Crippen molar-refractivity contribution in [3.8, 4) is 0 Å². The Hall–Kier alpha value is -1.62. The Morgan fingerprint density at radius 1 is 1.12 bits per heavy atom. The molecule has 0 aromatic carbocycles. The maximum Gasteiger partial charge on any atom is 0.225 e. The largest absolute Gasteiger partial charge is 0.378 e. The molecule has 136 valence electrons. The van der Waals surface area contributed by atoms with Crippen LogP contribution in [-0.2, 0) is 9.53 Å². The lowest BCUT2D eigenvalue weighted by Gasteiger charge is -2.37. The maximum atomic E-state index is 12.6. The van der Waals surface area contributed by atoms with Gasteiger partial charge in [0.2, 0.25) is 5.91 Å². The lowest BCUT2D eigenvalue weighted by molar-refractivity contribution is -0.139. The zero-order valence-electron chi connectivity index (χ0n) is 15.2. The van der Waals surface area contributed by atoms with Crippen molar-refractivity contribution in [3.63, 3.8) is 0 Å². The van der Waals surface area contributed by atoms with E-state index in [-0.39, 0.29) is 0 Å². The van der Waals surface area contributed by atoms with Crippen LogP contribution < -0.4 is 4.90 Å². The third kappa shape index (κ3) is 3.66. The minimum atomic E-state index is 0.299. The fourth-order valence-electron chi connectivity index (χ4n) is 4.22. The van der Waals surface area contributed by atoms with Crippen LogP contribution >= 0.6 is 0 Å². The molecule has 5 heteroatoms. The molecule has 2 aliphatic heterocycles. The predicted octanol–water partition coefficient (Wildman–Crippen LogP) is 2.73. The van der Waals surface area contributed by atoms with Crippen LogP contribution in [0.1, 0.15) is 49.4 Å². The molecule has 0 radical (unpaired) electrons. The topological polar surface area (TPSA) is 45.7 Å². The van der Waals surface area contributed by atoms with Gasteiger partial charge < -0.3 is 14.5 Å². The standard InChI is InChI=1S/C20H29N3O2/c1-15-12-18(22-8-10-25-11-9-22)13-19(21-15)17-6-3-7-23(14-17)20(24)16-4-2-5-16/h12-13,16-17H,2-11,14H2,1H3/t17-/m0/s1. The molecule has 5 nitrogen and oxygen atoms in total. The molecular formula is C20H29N3O2. The number of morpholine rings is 1.